The lowest BCUT2D eigenvalue weighted by molar-refractivity contribution is -0.917. The van der Waals surface area contributed by atoms with Crippen molar-refractivity contribution in [1.82, 2.24) is 14.3 Å². The molecule has 1 fully saturated rings. The van der Waals surface area contributed by atoms with Crippen LogP contribution in [0.25, 0.3) is 4.96 Å². The number of carbonyl (C=O) groups is 1. The van der Waals surface area contributed by atoms with Crippen LogP contribution in [-0.4, -0.2) is 53.2 Å². The second kappa shape index (κ2) is 6.92. The summed E-state index contributed by atoms with van der Waals surface area (Å²) in [4.78, 5) is 33.3. The number of aromatic nitrogens is 2. The summed E-state index contributed by atoms with van der Waals surface area (Å²) in [5.74, 6) is 1.35. The minimum atomic E-state index is -0.300. The minimum absolute atomic E-state index is 0.134. The van der Waals surface area contributed by atoms with Crippen LogP contribution in [0.4, 0.5) is 0 Å². The molecule has 0 aliphatic carbocycles. The topological polar surface area (TPSA) is 77.6 Å². The van der Waals surface area contributed by atoms with Crippen molar-refractivity contribution in [2.24, 2.45) is 0 Å². The molecule has 0 atom stereocenters. The fourth-order valence-electron chi connectivity index (χ4n) is 3.68. The van der Waals surface area contributed by atoms with Gasteiger partial charge in [0.15, 0.2) is 16.5 Å². The molecule has 2 aliphatic rings. The number of hydrogen-bond acceptors (Lipinski definition) is 6. The first-order chi connectivity index (χ1) is 13.7. The molecular formula is C19H19N4O4S+. The lowest BCUT2D eigenvalue weighted by Gasteiger charge is -2.32. The Morgan fingerprint density at radius 3 is 2.89 bits per heavy atom. The number of amides is 1. The van der Waals surface area contributed by atoms with Gasteiger partial charge in [-0.15, -0.1) is 11.3 Å². The monoisotopic (exact) mass is 399 g/mol. The van der Waals surface area contributed by atoms with Crippen molar-refractivity contribution in [3.8, 4) is 11.5 Å². The predicted octanol–water partition coefficient (Wildman–Crippen LogP) is 0.0256. The van der Waals surface area contributed by atoms with Crippen molar-refractivity contribution < 1.29 is 19.2 Å². The first-order valence-electron chi connectivity index (χ1n) is 9.15. The molecule has 0 spiro atoms. The molecule has 144 valence electrons. The molecule has 0 unspecified atom stereocenters. The Labute approximate surface area is 164 Å². The zero-order chi connectivity index (χ0) is 19.1. The van der Waals surface area contributed by atoms with Crippen LogP contribution in [0.3, 0.4) is 0 Å². The van der Waals surface area contributed by atoms with E-state index < -0.39 is 0 Å². The number of benzene rings is 1. The number of quaternary nitrogens is 1. The summed E-state index contributed by atoms with van der Waals surface area (Å²) in [5.41, 5.74) is 1.02. The van der Waals surface area contributed by atoms with E-state index in [9.17, 15) is 9.59 Å². The van der Waals surface area contributed by atoms with E-state index >= 15 is 0 Å². The predicted molar refractivity (Wildman–Crippen MR) is 102 cm³/mol. The second-order valence-electron chi connectivity index (χ2n) is 6.94. The minimum Gasteiger partial charge on any atom is -0.454 e. The Morgan fingerprint density at radius 2 is 2.04 bits per heavy atom. The molecule has 5 rings (SSSR count). The second-order valence-corrected chi connectivity index (χ2v) is 7.81. The van der Waals surface area contributed by atoms with Gasteiger partial charge in [-0.3, -0.25) is 14.0 Å². The van der Waals surface area contributed by atoms with Gasteiger partial charge in [0.05, 0.1) is 26.2 Å². The Balaban J connectivity index is 1.24. The molecule has 1 saturated heterocycles. The number of rotatable bonds is 3. The smallest absolute Gasteiger partial charge is 0.271 e. The average Bonchev–Trinajstić information content (AvgIpc) is 3.37. The summed E-state index contributed by atoms with van der Waals surface area (Å²) in [5, 5.41) is 1.79. The highest BCUT2D eigenvalue weighted by molar-refractivity contribution is 7.15. The first kappa shape index (κ1) is 17.2. The van der Waals surface area contributed by atoms with Gasteiger partial charge < -0.3 is 19.3 Å². The number of piperazine rings is 1. The zero-order valence-corrected chi connectivity index (χ0v) is 15.9. The van der Waals surface area contributed by atoms with Crippen LogP contribution >= 0.6 is 11.3 Å². The van der Waals surface area contributed by atoms with Crippen molar-refractivity contribution in [2.45, 2.75) is 6.54 Å². The van der Waals surface area contributed by atoms with Crippen molar-refractivity contribution in [2.75, 3.05) is 33.0 Å². The van der Waals surface area contributed by atoms with Gasteiger partial charge in [-0.05, 0) is 18.2 Å². The Morgan fingerprint density at radius 1 is 1.21 bits per heavy atom. The quantitative estimate of drug-likeness (QED) is 0.672. The summed E-state index contributed by atoms with van der Waals surface area (Å²) in [6.45, 7) is 4.03. The maximum Gasteiger partial charge on any atom is 0.271 e. The van der Waals surface area contributed by atoms with Crippen LogP contribution in [0, 0.1) is 0 Å². The van der Waals surface area contributed by atoms with Crippen molar-refractivity contribution in [3.05, 3.63) is 57.5 Å². The maximum absolute atomic E-state index is 12.8. The molecule has 0 saturated carbocycles. The number of nitrogens with zero attached hydrogens (tertiary/aromatic N) is 3. The van der Waals surface area contributed by atoms with E-state index in [2.05, 4.69) is 11.1 Å². The Hall–Kier alpha value is -2.91. The summed E-state index contributed by atoms with van der Waals surface area (Å²) in [7, 11) is 0. The largest absolute Gasteiger partial charge is 0.454 e. The first-order valence-corrected chi connectivity index (χ1v) is 10.0. The van der Waals surface area contributed by atoms with Crippen LogP contribution < -0.4 is 19.9 Å². The van der Waals surface area contributed by atoms with E-state index in [1.807, 2.05) is 12.1 Å². The standard InChI is InChI=1S/C19H18N4O4S/c24-17(14-10-20-19-23(18(14)25)7-8-28-19)22-5-3-21(4-6-22)11-13-1-2-15-16(9-13)27-12-26-15/h1-2,7-10H,3-6,11-12H2/p+1. The van der Waals surface area contributed by atoms with Crippen LogP contribution in [0.5, 0.6) is 11.5 Å². The van der Waals surface area contributed by atoms with Crippen LogP contribution in [-0.2, 0) is 6.54 Å². The van der Waals surface area contributed by atoms with Gasteiger partial charge in [-0.25, -0.2) is 4.98 Å². The summed E-state index contributed by atoms with van der Waals surface area (Å²) >= 11 is 1.37. The lowest BCUT2D eigenvalue weighted by Crippen LogP contribution is -3.13. The van der Waals surface area contributed by atoms with Crippen molar-refractivity contribution in [3.63, 3.8) is 0 Å². The van der Waals surface area contributed by atoms with E-state index in [1.54, 1.807) is 16.5 Å². The molecule has 3 aromatic rings. The molecule has 28 heavy (non-hydrogen) atoms. The lowest BCUT2D eigenvalue weighted by atomic mass is 10.1. The normalized spacial score (nSPS) is 16.6. The van der Waals surface area contributed by atoms with Crippen molar-refractivity contribution >= 4 is 22.2 Å². The fraction of sp³-hybridized carbons (Fsp3) is 0.316. The maximum atomic E-state index is 12.8. The van der Waals surface area contributed by atoms with E-state index in [1.165, 1.54) is 32.4 Å². The summed E-state index contributed by atoms with van der Waals surface area (Å²) in [6, 6.07) is 6.02. The highest BCUT2D eigenvalue weighted by Crippen LogP contribution is 2.32. The molecule has 0 radical (unpaired) electrons. The molecule has 2 aliphatic heterocycles. The zero-order valence-electron chi connectivity index (χ0n) is 15.1. The van der Waals surface area contributed by atoms with Gasteiger partial charge in [0, 0.05) is 23.3 Å². The Kier molecular flexibility index (Phi) is 4.25. The molecule has 1 amide bonds. The number of carbonyl (C=O) groups excluding carboxylic acids is 1. The third-order valence-corrected chi connectivity index (χ3v) is 5.99. The van der Waals surface area contributed by atoms with Crippen LogP contribution in [0.1, 0.15) is 15.9 Å². The SMILES string of the molecule is O=C(c1cnc2sccn2c1=O)N1CC[NH+](Cc2ccc3c(c2)OCO3)CC1. The van der Waals surface area contributed by atoms with E-state index in [-0.39, 0.29) is 23.8 Å². The van der Waals surface area contributed by atoms with E-state index in [4.69, 9.17) is 9.47 Å². The third kappa shape index (κ3) is 3.02. The molecule has 1 aromatic carbocycles. The van der Waals surface area contributed by atoms with Crippen LogP contribution in [0.2, 0.25) is 0 Å². The van der Waals surface area contributed by atoms with Gasteiger partial charge in [0.1, 0.15) is 12.1 Å². The van der Waals surface area contributed by atoms with E-state index in [0.717, 1.165) is 31.1 Å². The number of fused-ring (bicyclic) bond motifs is 2. The van der Waals surface area contributed by atoms with Gasteiger partial charge in [0.25, 0.3) is 11.5 Å². The summed E-state index contributed by atoms with van der Waals surface area (Å²) < 4.78 is 12.2. The third-order valence-electron chi connectivity index (χ3n) is 5.22. The van der Waals surface area contributed by atoms with Gasteiger partial charge in [0.2, 0.25) is 6.79 Å². The van der Waals surface area contributed by atoms with E-state index in [0.29, 0.717) is 18.1 Å². The summed E-state index contributed by atoms with van der Waals surface area (Å²) in [6.07, 6.45) is 3.06. The van der Waals surface area contributed by atoms with Gasteiger partial charge >= 0.3 is 0 Å². The molecule has 9 heteroatoms. The molecular weight excluding hydrogens is 380 g/mol. The molecule has 4 heterocycles. The van der Waals surface area contributed by atoms with Crippen molar-refractivity contribution in [1.29, 1.82) is 0 Å². The number of thiazole rings is 1. The molecule has 1 N–H and O–H groups in total. The number of hydrogen-bond donors (Lipinski definition) is 1. The fourth-order valence-corrected chi connectivity index (χ4v) is 4.36. The van der Waals surface area contributed by atoms with Gasteiger partial charge in [-0.1, -0.05) is 0 Å². The number of ether oxygens (including phenoxy) is 2. The van der Waals surface area contributed by atoms with Gasteiger partial charge in [-0.2, -0.15) is 0 Å². The Bertz CT molecular complexity index is 1100. The molecule has 0 bridgehead atoms. The molecule has 8 nitrogen and oxygen atoms in total. The highest BCUT2D eigenvalue weighted by Gasteiger charge is 2.27. The number of nitrogens with one attached hydrogen (secondary N) is 1. The average molecular weight is 399 g/mol. The highest BCUT2D eigenvalue weighted by atomic mass is 32.1. The van der Waals surface area contributed by atoms with Crippen LogP contribution in [0.15, 0.2) is 40.8 Å². The molecule has 2 aromatic heterocycles.